The third kappa shape index (κ3) is 18.0. The first-order valence-corrected chi connectivity index (χ1v) is 23.2. The molecule has 0 saturated heterocycles. The van der Waals surface area contributed by atoms with Crippen LogP contribution in [0.1, 0.15) is 93.1 Å². The summed E-state index contributed by atoms with van der Waals surface area (Å²) in [5, 5.41) is 61.8. The normalized spacial score (nSPS) is 26.0. The third-order valence-corrected chi connectivity index (χ3v) is 14.2. The largest absolute Gasteiger partial charge is 0.393 e. The van der Waals surface area contributed by atoms with Crippen molar-refractivity contribution < 1.29 is 40.2 Å². The molecular formula is C43H61BrCl2N2O8S2. The number of rotatable bonds is 22. The molecule has 0 aliphatic heterocycles. The molecule has 2 aliphatic rings. The molecule has 58 heavy (non-hydrogen) atoms. The zero-order valence-electron chi connectivity index (χ0n) is 33.1. The molecule has 2 amide bonds. The Bertz CT molecular complexity index is 1560. The Morgan fingerprint density at radius 1 is 0.759 bits per heavy atom. The molecule has 15 heteroatoms. The van der Waals surface area contributed by atoms with Crippen LogP contribution in [0.5, 0.6) is 0 Å². The Morgan fingerprint density at radius 3 is 1.62 bits per heavy atom. The van der Waals surface area contributed by atoms with Crippen LogP contribution in [-0.2, 0) is 22.4 Å². The summed E-state index contributed by atoms with van der Waals surface area (Å²) in [6, 6.07) is 3.95. The number of hydrogen-bond acceptors (Lipinski definition) is 10. The van der Waals surface area contributed by atoms with E-state index in [0.29, 0.717) is 72.9 Å². The number of allylic oxidation sites excluding steroid dienone is 4. The highest BCUT2D eigenvalue weighted by atomic mass is 79.9. The minimum atomic E-state index is -0.667. The number of aryl methyl sites for hydroxylation is 3. The van der Waals surface area contributed by atoms with Crippen LogP contribution in [0.2, 0.25) is 8.67 Å². The molecule has 324 valence electrons. The molecule has 10 atom stereocenters. The molecule has 10 N–H and O–H groups in total. The maximum Gasteiger partial charge on any atom is 0.217 e. The van der Waals surface area contributed by atoms with Crippen molar-refractivity contribution in [3.8, 4) is 0 Å². The van der Waals surface area contributed by atoms with Gasteiger partial charge >= 0.3 is 0 Å². The number of aliphatic hydroxyl groups excluding tert-OH is 6. The average molecular weight is 949 g/mol. The van der Waals surface area contributed by atoms with Crippen LogP contribution in [0.3, 0.4) is 0 Å². The molecule has 4 rings (SSSR count). The summed E-state index contributed by atoms with van der Waals surface area (Å²) in [5.41, 5.74) is 12.4. The number of carbonyl (C=O) groups is 2. The molecule has 2 fully saturated rings. The van der Waals surface area contributed by atoms with Gasteiger partial charge in [-0.05, 0) is 122 Å². The second kappa shape index (κ2) is 26.5. The fourth-order valence-corrected chi connectivity index (χ4v) is 10.9. The topological polar surface area (TPSA) is 208 Å². The lowest BCUT2D eigenvalue weighted by atomic mass is 9.89. The lowest BCUT2D eigenvalue weighted by Gasteiger charge is -2.19. The highest BCUT2D eigenvalue weighted by Crippen LogP contribution is 2.38. The van der Waals surface area contributed by atoms with Gasteiger partial charge in [0.05, 0.1) is 49.1 Å². The van der Waals surface area contributed by atoms with E-state index in [0.717, 1.165) is 35.0 Å². The molecule has 2 aliphatic carbocycles. The van der Waals surface area contributed by atoms with Gasteiger partial charge in [-0.3, -0.25) is 9.59 Å². The Labute approximate surface area is 369 Å². The first-order valence-electron chi connectivity index (χ1n) is 20.1. The van der Waals surface area contributed by atoms with Crippen molar-refractivity contribution >= 4 is 73.6 Å². The van der Waals surface area contributed by atoms with Crippen LogP contribution in [0.25, 0.3) is 0 Å². The molecule has 2 heterocycles. The molecule has 10 nitrogen and oxygen atoms in total. The van der Waals surface area contributed by atoms with Gasteiger partial charge in [-0.25, -0.2) is 0 Å². The number of hydrogen-bond donors (Lipinski definition) is 8. The number of halogens is 3. The number of amides is 2. The second-order valence-corrected chi connectivity index (χ2v) is 20.2. The van der Waals surface area contributed by atoms with Crippen molar-refractivity contribution in [1.29, 1.82) is 0 Å². The number of primary amides is 2. The quantitative estimate of drug-likeness (QED) is 0.0437. The van der Waals surface area contributed by atoms with Gasteiger partial charge in [0.1, 0.15) is 0 Å². The van der Waals surface area contributed by atoms with E-state index in [1.807, 2.05) is 42.5 Å². The van der Waals surface area contributed by atoms with Gasteiger partial charge in [-0.1, -0.05) is 71.8 Å². The van der Waals surface area contributed by atoms with Crippen molar-refractivity contribution in [1.82, 2.24) is 0 Å². The van der Waals surface area contributed by atoms with E-state index >= 15 is 0 Å². The predicted octanol–water partition coefficient (Wildman–Crippen LogP) is 7.49. The summed E-state index contributed by atoms with van der Waals surface area (Å²) in [6.45, 7) is 2.06. The highest BCUT2D eigenvalue weighted by molar-refractivity contribution is 9.11. The number of nitrogens with two attached hydrogens (primary N) is 2. The number of thiophene rings is 2. The third-order valence-electron chi connectivity index (χ3n) is 10.7. The van der Waals surface area contributed by atoms with Crippen molar-refractivity contribution in [2.45, 2.75) is 133 Å². The van der Waals surface area contributed by atoms with Gasteiger partial charge < -0.3 is 42.1 Å². The summed E-state index contributed by atoms with van der Waals surface area (Å²) in [7, 11) is 0. The fraction of sp³-hybridized carbons (Fsp3) is 0.581. The summed E-state index contributed by atoms with van der Waals surface area (Å²) in [5.74, 6) is -1.17. The number of carbonyl (C=O) groups excluding carboxylic acids is 2. The van der Waals surface area contributed by atoms with Gasteiger partial charge in [0.2, 0.25) is 11.8 Å². The average Bonchev–Trinajstić information content (AvgIpc) is 3.83. The molecule has 0 bridgehead atoms. The van der Waals surface area contributed by atoms with Gasteiger partial charge in [0, 0.05) is 42.4 Å². The van der Waals surface area contributed by atoms with E-state index in [9.17, 15) is 40.2 Å². The maximum absolute atomic E-state index is 10.7. The lowest BCUT2D eigenvalue weighted by molar-refractivity contribution is -0.118. The SMILES string of the molecule is Cc1cc(CC[C@H](O)/C=C/[C@@H]2[C@@H](C/C=C\CCCC(N)=O)[C@@H](O)C[C@H]2O)c(Br)s1.NC(=O)CCC/C=C\C[C@@H]1[C@@H](/C=C/[C@@H](O)CCc2cc(Cl)sc2Cl)[C@H](O)C[C@@H]1O. The summed E-state index contributed by atoms with van der Waals surface area (Å²) < 4.78 is 2.38. The van der Waals surface area contributed by atoms with Crippen molar-refractivity contribution in [2.24, 2.45) is 35.1 Å². The molecular weight excluding hydrogens is 887 g/mol. The zero-order chi connectivity index (χ0) is 42.8. The van der Waals surface area contributed by atoms with Crippen molar-refractivity contribution in [2.75, 3.05) is 0 Å². The van der Waals surface area contributed by atoms with E-state index in [1.54, 1.807) is 23.5 Å². The monoisotopic (exact) mass is 946 g/mol. The zero-order valence-corrected chi connectivity index (χ0v) is 37.8. The molecule has 2 aromatic heterocycles. The van der Waals surface area contributed by atoms with Crippen LogP contribution in [0.4, 0.5) is 0 Å². The molecule has 2 saturated carbocycles. The standard InChI is InChI=1S/C22H32BrNO4S.C21H29Cl2NO4S/c1-14-12-15(22(23)29-14)8-9-16(25)10-11-18-17(19(26)13-20(18)27)6-4-2-3-5-7-21(24)28;22-19-11-13(21(23)29-19)7-8-14(25)9-10-16-15(17(26)12-18(16)27)5-3-1-2-4-6-20(24)28/h2,4,10-12,16-20,25-27H,3,5-9,13H2,1H3,(H2,24,28);1,3,9-11,14-18,25-27H,2,4-8,12H2,(H2,24,28)/b4-2-,11-10+;3-1-,10-9+/t16-,17+,18+,19-,20+;14-,15+,16+,17-,18+/m00/s1. The smallest absolute Gasteiger partial charge is 0.217 e. The van der Waals surface area contributed by atoms with Crippen LogP contribution >= 0.6 is 61.8 Å². The van der Waals surface area contributed by atoms with Crippen LogP contribution in [0, 0.1) is 30.6 Å². The Hall–Kier alpha value is -1.88. The minimum Gasteiger partial charge on any atom is -0.393 e. The van der Waals surface area contributed by atoms with Gasteiger partial charge in [-0.2, -0.15) is 0 Å². The van der Waals surface area contributed by atoms with E-state index < -0.39 is 36.6 Å². The van der Waals surface area contributed by atoms with Crippen LogP contribution < -0.4 is 11.5 Å². The first kappa shape index (κ1) is 50.5. The Balaban J connectivity index is 0.000000310. The van der Waals surface area contributed by atoms with E-state index in [4.69, 9.17) is 34.7 Å². The molecule has 0 radical (unpaired) electrons. The van der Waals surface area contributed by atoms with Crippen molar-refractivity contribution in [3.63, 3.8) is 0 Å². The number of unbranched alkanes of at least 4 members (excludes halogenated alkanes) is 2. The molecule has 0 unspecified atom stereocenters. The van der Waals surface area contributed by atoms with Crippen molar-refractivity contribution in [3.05, 3.63) is 89.2 Å². The highest BCUT2D eigenvalue weighted by Gasteiger charge is 2.40. The van der Waals surface area contributed by atoms with Gasteiger partial charge in [-0.15, -0.1) is 22.7 Å². The minimum absolute atomic E-state index is 0.0745. The van der Waals surface area contributed by atoms with E-state index in [2.05, 4.69) is 28.9 Å². The molecule has 0 spiro atoms. The number of aliphatic hydroxyl groups is 6. The predicted molar refractivity (Wildman–Crippen MR) is 239 cm³/mol. The first-order chi connectivity index (χ1) is 27.5. The van der Waals surface area contributed by atoms with E-state index in [-0.39, 0.29) is 35.5 Å². The summed E-state index contributed by atoms with van der Waals surface area (Å²) >= 11 is 18.6. The molecule has 2 aromatic rings. The maximum atomic E-state index is 10.7. The fourth-order valence-electron chi connectivity index (χ4n) is 7.51. The lowest BCUT2D eigenvalue weighted by Crippen LogP contribution is -2.20. The van der Waals surface area contributed by atoms with Crippen LogP contribution in [0.15, 0.2) is 64.5 Å². The second-order valence-electron chi connectivity index (χ2n) is 15.3. The van der Waals surface area contributed by atoms with Gasteiger partial charge in [0.25, 0.3) is 0 Å². The van der Waals surface area contributed by atoms with Crippen LogP contribution in [-0.4, -0.2) is 79.1 Å². The van der Waals surface area contributed by atoms with Gasteiger partial charge in [0.15, 0.2) is 0 Å². The van der Waals surface area contributed by atoms with E-state index in [1.165, 1.54) is 21.8 Å². The summed E-state index contributed by atoms with van der Waals surface area (Å²) in [4.78, 5) is 22.7. The summed E-state index contributed by atoms with van der Waals surface area (Å²) in [6.07, 6.45) is 19.6. The Morgan fingerprint density at radius 2 is 1.22 bits per heavy atom. The molecule has 0 aromatic carbocycles. The Kier molecular flexibility index (Phi) is 23.0.